The van der Waals surface area contributed by atoms with Gasteiger partial charge in [-0.2, -0.15) is 8.42 Å². The molecule has 0 saturated heterocycles. The van der Waals surface area contributed by atoms with Crippen LogP contribution in [-0.2, 0) is 10.4 Å². The fourth-order valence-electron chi connectivity index (χ4n) is 1.14. The lowest BCUT2D eigenvalue weighted by atomic mass is 10.2. The molecule has 0 saturated carbocycles. The Balaban J connectivity index is 0.000000249. The minimum atomic E-state index is -4.67. The Bertz CT molecular complexity index is 631. The van der Waals surface area contributed by atoms with Crippen molar-refractivity contribution < 1.29 is 22.6 Å². The predicted molar refractivity (Wildman–Crippen MR) is 66.9 cm³/mol. The van der Waals surface area contributed by atoms with Crippen LogP contribution in [0.2, 0.25) is 5.02 Å². The summed E-state index contributed by atoms with van der Waals surface area (Å²) in [6.45, 7) is 0. The molecule has 0 fully saturated rings. The fraction of sp³-hybridized carbons (Fsp3) is 0. The number of aromatic amines is 1. The molecule has 1 aromatic heterocycles. The van der Waals surface area contributed by atoms with E-state index in [-0.39, 0.29) is 5.75 Å². The van der Waals surface area contributed by atoms with E-state index in [1.165, 1.54) is 6.20 Å². The number of nitrogens with one attached hydrogen (secondary N) is 1. The number of aromatic nitrogens is 1. The van der Waals surface area contributed by atoms with Crippen LogP contribution in [-0.4, -0.2) is 27.6 Å². The summed E-state index contributed by atoms with van der Waals surface area (Å²) in [5.41, 5.74) is 0.834. The lowest BCUT2D eigenvalue weighted by molar-refractivity contribution is 0.381. The van der Waals surface area contributed by atoms with Gasteiger partial charge in [-0.1, -0.05) is 11.6 Å². The summed E-state index contributed by atoms with van der Waals surface area (Å²) >= 11 is 9.22. The molecule has 0 atom stereocenters. The van der Waals surface area contributed by atoms with Gasteiger partial charge < -0.3 is 10.1 Å². The summed E-state index contributed by atoms with van der Waals surface area (Å²) in [6, 6.07) is 3.69. The predicted octanol–water partition coefficient (Wildman–Crippen LogP) is 2.64. The Labute approximate surface area is 110 Å². The fourth-order valence-corrected chi connectivity index (χ4v) is 1.73. The van der Waals surface area contributed by atoms with Gasteiger partial charge in [0, 0.05) is 10.7 Å². The quantitative estimate of drug-likeness (QED) is 0.549. The van der Waals surface area contributed by atoms with Crippen molar-refractivity contribution in [3.8, 4) is 5.75 Å². The van der Waals surface area contributed by atoms with E-state index >= 15 is 0 Å². The third-order valence-corrected chi connectivity index (χ3v) is 3.00. The number of hydrogen-bond donors (Lipinski definition) is 4. The molecule has 0 amide bonds. The van der Waals surface area contributed by atoms with Crippen molar-refractivity contribution in [3.05, 3.63) is 27.8 Å². The number of hydrogen-bond acceptors (Lipinski definition) is 3. The second-order valence-electron chi connectivity index (χ2n) is 2.91. The molecule has 1 heterocycles. The molecule has 0 bridgehead atoms. The highest BCUT2D eigenvalue weighted by Gasteiger charge is 2.08. The summed E-state index contributed by atoms with van der Waals surface area (Å²) in [6.07, 6.45) is 1.52. The summed E-state index contributed by atoms with van der Waals surface area (Å²) in [5, 5.41) is 10.6. The van der Waals surface area contributed by atoms with Crippen LogP contribution in [0, 0.1) is 0 Å². The van der Waals surface area contributed by atoms with Crippen molar-refractivity contribution >= 4 is 48.8 Å². The molecule has 2 rings (SSSR count). The second-order valence-corrected chi connectivity index (χ2v) is 5.03. The standard InChI is InChI=1S/C8H5BrClNO.H2O4S/c9-4-1-2-5-7(8(4)10)6(12)3-11-5;1-5(2,3)4/h1-3,11-12H;(H2,1,2,3,4). The summed E-state index contributed by atoms with van der Waals surface area (Å²) in [7, 11) is -4.67. The van der Waals surface area contributed by atoms with Crippen LogP contribution in [0.3, 0.4) is 0 Å². The van der Waals surface area contributed by atoms with E-state index in [4.69, 9.17) is 29.1 Å². The highest BCUT2D eigenvalue weighted by Crippen LogP contribution is 2.35. The molecular weight excluding hydrogens is 338 g/mol. The Morgan fingerprint density at radius 1 is 1.29 bits per heavy atom. The highest BCUT2D eigenvalue weighted by atomic mass is 79.9. The van der Waals surface area contributed by atoms with Crippen LogP contribution >= 0.6 is 27.5 Å². The van der Waals surface area contributed by atoms with E-state index in [2.05, 4.69) is 20.9 Å². The average Bonchev–Trinajstić information content (AvgIpc) is 2.52. The number of fused-ring (bicyclic) bond motifs is 1. The highest BCUT2D eigenvalue weighted by molar-refractivity contribution is 9.10. The molecule has 0 unspecified atom stereocenters. The third kappa shape index (κ3) is 4.17. The van der Waals surface area contributed by atoms with Gasteiger partial charge in [-0.15, -0.1) is 0 Å². The SMILES string of the molecule is O=S(=O)(O)O.Oc1c[nH]c2ccc(Br)c(Cl)c12. The van der Waals surface area contributed by atoms with Gasteiger partial charge in [-0.25, -0.2) is 0 Å². The van der Waals surface area contributed by atoms with Crippen molar-refractivity contribution in [1.82, 2.24) is 4.98 Å². The van der Waals surface area contributed by atoms with Crippen LogP contribution in [0.15, 0.2) is 22.8 Å². The van der Waals surface area contributed by atoms with E-state index in [0.717, 1.165) is 9.99 Å². The molecule has 1 aromatic carbocycles. The Hall–Kier alpha value is -0.800. The Morgan fingerprint density at radius 2 is 1.82 bits per heavy atom. The maximum absolute atomic E-state index is 9.38. The summed E-state index contributed by atoms with van der Waals surface area (Å²) < 4.78 is 32.4. The van der Waals surface area contributed by atoms with Crippen LogP contribution in [0.1, 0.15) is 0 Å². The van der Waals surface area contributed by atoms with Gasteiger partial charge in [0.15, 0.2) is 0 Å². The zero-order valence-corrected chi connectivity index (χ0v) is 11.2. The third-order valence-electron chi connectivity index (χ3n) is 1.72. The molecule has 94 valence electrons. The monoisotopic (exact) mass is 343 g/mol. The first kappa shape index (κ1) is 14.3. The Morgan fingerprint density at radius 3 is 2.35 bits per heavy atom. The van der Waals surface area contributed by atoms with Gasteiger partial charge in [-0.3, -0.25) is 9.11 Å². The lowest BCUT2D eigenvalue weighted by Crippen LogP contribution is -1.89. The number of H-pyrrole nitrogens is 1. The minimum Gasteiger partial charge on any atom is -0.506 e. The van der Waals surface area contributed by atoms with Crippen LogP contribution in [0.5, 0.6) is 5.75 Å². The molecule has 0 aliphatic heterocycles. The number of benzene rings is 1. The zero-order chi connectivity index (χ0) is 13.2. The number of rotatable bonds is 0. The van der Waals surface area contributed by atoms with Gasteiger partial charge in [-0.05, 0) is 28.1 Å². The number of halogens is 2. The van der Waals surface area contributed by atoms with E-state index in [1.54, 1.807) is 0 Å². The largest absolute Gasteiger partial charge is 0.506 e. The molecule has 0 spiro atoms. The first-order valence-corrected chi connectivity index (χ1v) is 6.61. The lowest BCUT2D eigenvalue weighted by Gasteiger charge is -1.97. The van der Waals surface area contributed by atoms with Gasteiger partial charge >= 0.3 is 10.4 Å². The minimum absolute atomic E-state index is 0.177. The van der Waals surface area contributed by atoms with Crippen molar-refractivity contribution in [3.63, 3.8) is 0 Å². The van der Waals surface area contributed by atoms with Crippen LogP contribution in [0.4, 0.5) is 0 Å². The second kappa shape index (κ2) is 5.23. The molecule has 9 heteroatoms. The zero-order valence-electron chi connectivity index (χ0n) is 8.05. The molecule has 0 aliphatic rings. The van der Waals surface area contributed by atoms with Crippen molar-refractivity contribution in [2.45, 2.75) is 0 Å². The van der Waals surface area contributed by atoms with Gasteiger partial charge in [0.05, 0.1) is 15.9 Å². The van der Waals surface area contributed by atoms with Crippen LogP contribution in [0.25, 0.3) is 10.9 Å². The molecule has 0 aliphatic carbocycles. The normalized spacial score (nSPS) is 11.1. The van der Waals surface area contributed by atoms with E-state index in [9.17, 15) is 5.11 Å². The average molecular weight is 345 g/mol. The molecule has 6 nitrogen and oxygen atoms in total. The van der Waals surface area contributed by atoms with Crippen LogP contribution < -0.4 is 0 Å². The van der Waals surface area contributed by atoms with E-state index in [0.29, 0.717) is 10.4 Å². The summed E-state index contributed by atoms with van der Waals surface area (Å²) in [4.78, 5) is 2.90. The molecule has 2 aromatic rings. The maximum Gasteiger partial charge on any atom is 0.394 e. The van der Waals surface area contributed by atoms with Gasteiger partial charge in [0.1, 0.15) is 5.75 Å². The van der Waals surface area contributed by atoms with Crippen molar-refractivity contribution in [1.29, 1.82) is 0 Å². The van der Waals surface area contributed by atoms with Crippen molar-refractivity contribution in [2.75, 3.05) is 0 Å². The molecule has 17 heavy (non-hydrogen) atoms. The smallest absolute Gasteiger partial charge is 0.394 e. The van der Waals surface area contributed by atoms with Gasteiger partial charge in [0.25, 0.3) is 0 Å². The summed E-state index contributed by atoms with van der Waals surface area (Å²) in [5.74, 6) is 0.177. The molecule has 4 N–H and O–H groups in total. The first-order chi connectivity index (χ1) is 7.70. The number of aromatic hydroxyl groups is 1. The van der Waals surface area contributed by atoms with E-state index in [1.807, 2.05) is 12.1 Å². The van der Waals surface area contributed by atoms with Crippen molar-refractivity contribution in [2.24, 2.45) is 0 Å². The Kier molecular flexibility index (Phi) is 4.39. The van der Waals surface area contributed by atoms with E-state index < -0.39 is 10.4 Å². The maximum atomic E-state index is 9.38. The first-order valence-electron chi connectivity index (χ1n) is 4.04. The molecule has 0 radical (unpaired) electrons. The van der Waals surface area contributed by atoms with Gasteiger partial charge in [0.2, 0.25) is 0 Å². The topological polar surface area (TPSA) is 111 Å². The molecular formula is C8H7BrClNO5S.